The molecule has 1 aliphatic rings. The number of carbonyl (C=O) groups excluding carboxylic acids is 2. The van der Waals surface area contributed by atoms with E-state index in [0.29, 0.717) is 35.9 Å². The standard InChI is InChI=1S/C25H27N3O4/c1-4-32-25(30)23-15-26-28(17(23)2)21-9-5-19(6-10-21)24(29)27-14-13-20(16-27)18-7-11-22(31-3)12-8-18/h5-12,15,20H,4,13-14,16H2,1-3H3. The second kappa shape index (κ2) is 9.26. The molecule has 7 heteroatoms. The summed E-state index contributed by atoms with van der Waals surface area (Å²) in [5.41, 5.74) is 3.78. The zero-order chi connectivity index (χ0) is 22.7. The molecule has 1 unspecified atom stereocenters. The van der Waals surface area contributed by atoms with Crippen LogP contribution in [0.25, 0.3) is 5.69 Å². The van der Waals surface area contributed by atoms with E-state index in [2.05, 4.69) is 17.2 Å². The lowest BCUT2D eigenvalue weighted by molar-refractivity contribution is 0.0525. The summed E-state index contributed by atoms with van der Waals surface area (Å²) >= 11 is 0. The third-order valence-electron chi connectivity index (χ3n) is 5.93. The quantitative estimate of drug-likeness (QED) is 0.550. The molecule has 166 valence electrons. The third-order valence-corrected chi connectivity index (χ3v) is 5.93. The number of nitrogens with zero attached hydrogens (tertiary/aromatic N) is 3. The summed E-state index contributed by atoms with van der Waals surface area (Å²) in [6, 6.07) is 15.4. The number of ether oxygens (including phenoxy) is 2. The van der Waals surface area contributed by atoms with Gasteiger partial charge >= 0.3 is 5.97 Å². The molecule has 7 nitrogen and oxygen atoms in total. The first-order chi connectivity index (χ1) is 15.5. The SMILES string of the molecule is CCOC(=O)c1cnn(-c2ccc(C(=O)N3CCC(c4ccc(OC)cc4)C3)cc2)c1C. The fraction of sp³-hybridized carbons (Fsp3) is 0.320. The van der Waals surface area contributed by atoms with Crippen LogP contribution in [0.5, 0.6) is 5.75 Å². The lowest BCUT2D eigenvalue weighted by Gasteiger charge is -2.17. The molecule has 0 N–H and O–H groups in total. The molecule has 3 aromatic rings. The second-order valence-electron chi connectivity index (χ2n) is 7.83. The Hall–Kier alpha value is -3.61. The van der Waals surface area contributed by atoms with Gasteiger partial charge in [0.2, 0.25) is 0 Å². The van der Waals surface area contributed by atoms with Crippen LogP contribution in [0.1, 0.15) is 51.2 Å². The first kappa shape index (κ1) is 21.6. The van der Waals surface area contributed by atoms with E-state index in [0.717, 1.165) is 24.4 Å². The highest BCUT2D eigenvalue weighted by Crippen LogP contribution is 2.29. The van der Waals surface area contributed by atoms with Gasteiger partial charge in [-0.2, -0.15) is 5.10 Å². The van der Waals surface area contributed by atoms with Gasteiger partial charge in [-0.3, -0.25) is 4.79 Å². The smallest absolute Gasteiger partial charge is 0.341 e. The normalized spacial score (nSPS) is 15.6. The average Bonchev–Trinajstić information content (AvgIpc) is 3.46. The van der Waals surface area contributed by atoms with Gasteiger partial charge in [0.25, 0.3) is 5.91 Å². The number of likely N-dealkylation sites (tertiary alicyclic amines) is 1. The summed E-state index contributed by atoms with van der Waals surface area (Å²) < 4.78 is 12.0. The van der Waals surface area contributed by atoms with Crippen molar-refractivity contribution in [1.29, 1.82) is 0 Å². The van der Waals surface area contributed by atoms with Crippen molar-refractivity contribution in [3.8, 4) is 11.4 Å². The summed E-state index contributed by atoms with van der Waals surface area (Å²) in [6.45, 7) is 5.34. The van der Waals surface area contributed by atoms with Gasteiger partial charge in [-0.15, -0.1) is 0 Å². The Morgan fingerprint density at radius 1 is 1.09 bits per heavy atom. The number of aromatic nitrogens is 2. The van der Waals surface area contributed by atoms with Crippen LogP contribution in [0.3, 0.4) is 0 Å². The molecule has 2 aromatic carbocycles. The maximum atomic E-state index is 13.0. The molecule has 1 aromatic heterocycles. The van der Waals surface area contributed by atoms with Crippen LogP contribution >= 0.6 is 0 Å². The van der Waals surface area contributed by atoms with Crippen molar-refractivity contribution < 1.29 is 19.1 Å². The number of benzene rings is 2. The zero-order valence-electron chi connectivity index (χ0n) is 18.6. The molecule has 0 radical (unpaired) electrons. The van der Waals surface area contributed by atoms with Crippen molar-refractivity contribution >= 4 is 11.9 Å². The fourth-order valence-electron chi connectivity index (χ4n) is 4.10. The minimum atomic E-state index is -0.386. The average molecular weight is 434 g/mol. The van der Waals surface area contributed by atoms with Crippen LogP contribution in [-0.2, 0) is 4.74 Å². The second-order valence-corrected chi connectivity index (χ2v) is 7.83. The molecular weight excluding hydrogens is 406 g/mol. The van der Waals surface area contributed by atoms with E-state index in [1.807, 2.05) is 48.2 Å². The van der Waals surface area contributed by atoms with E-state index < -0.39 is 0 Å². The van der Waals surface area contributed by atoms with Gasteiger partial charge in [0, 0.05) is 24.6 Å². The lowest BCUT2D eigenvalue weighted by atomic mass is 9.98. The highest BCUT2D eigenvalue weighted by atomic mass is 16.5. The number of hydrogen-bond donors (Lipinski definition) is 0. The molecule has 0 aliphatic carbocycles. The Labute approximate surface area is 187 Å². The number of carbonyl (C=O) groups is 2. The van der Waals surface area contributed by atoms with Gasteiger partial charge in [0.05, 0.1) is 31.3 Å². The molecule has 2 heterocycles. The summed E-state index contributed by atoms with van der Waals surface area (Å²) in [6.07, 6.45) is 2.45. The van der Waals surface area contributed by atoms with Crippen molar-refractivity contribution in [3.63, 3.8) is 0 Å². The maximum absolute atomic E-state index is 13.0. The van der Waals surface area contributed by atoms with E-state index >= 15 is 0 Å². The molecule has 1 amide bonds. The van der Waals surface area contributed by atoms with Crippen LogP contribution in [0.4, 0.5) is 0 Å². The van der Waals surface area contributed by atoms with Crippen molar-refractivity contribution in [2.24, 2.45) is 0 Å². The lowest BCUT2D eigenvalue weighted by Crippen LogP contribution is -2.28. The van der Waals surface area contributed by atoms with Crippen molar-refractivity contribution in [1.82, 2.24) is 14.7 Å². The molecule has 1 fully saturated rings. The minimum Gasteiger partial charge on any atom is -0.497 e. The maximum Gasteiger partial charge on any atom is 0.341 e. The highest BCUT2D eigenvalue weighted by molar-refractivity contribution is 5.94. The van der Waals surface area contributed by atoms with E-state index in [1.54, 1.807) is 18.7 Å². The highest BCUT2D eigenvalue weighted by Gasteiger charge is 2.28. The van der Waals surface area contributed by atoms with Crippen LogP contribution in [0, 0.1) is 6.92 Å². The van der Waals surface area contributed by atoms with Crippen LogP contribution in [0.15, 0.2) is 54.7 Å². The molecular formula is C25H27N3O4. The van der Waals surface area contributed by atoms with Crippen LogP contribution < -0.4 is 4.74 Å². The van der Waals surface area contributed by atoms with Gasteiger partial charge in [0.1, 0.15) is 11.3 Å². The Balaban J connectivity index is 1.44. The Morgan fingerprint density at radius 3 is 2.47 bits per heavy atom. The van der Waals surface area contributed by atoms with E-state index in [-0.39, 0.29) is 11.9 Å². The Morgan fingerprint density at radius 2 is 1.81 bits per heavy atom. The number of methoxy groups -OCH3 is 1. The van der Waals surface area contributed by atoms with Crippen molar-refractivity contribution in [3.05, 3.63) is 77.1 Å². The third kappa shape index (κ3) is 4.23. The summed E-state index contributed by atoms with van der Waals surface area (Å²) in [4.78, 5) is 27.0. The predicted molar refractivity (Wildman–Crippen MR) is 121 cm³/mol. The molecule has 0 bridgehead atoms. The number of hydrogen-bond acceptors (Lipinski definition) is 5. The van der Waals surface area contributed by atoms with Gasteiger partial charge < -0.3 is 14.4 Å². The van der Waals surface area contributed by atoms with E-state index in [9.17, 15) is 9.59 Å². The molecule has 4 rings (SSSR count). The monoisotopic (exact) mass is 433 g/mol. The van der Waals surface area contributed by atoms with Crippen molar-refractivity contribution in [2.45, 2.75) is 26.2 Å². The fourth-order valence-corrected chi connectivity index (χ4v) is 4.10. The van der Waals surface area contributed by atoms with Gasteiger partial charge in [-0.1, -0.05) is 12.1 Å². The zero-order valence-corrected chi connectivity index (χ0v) is 18.6. The largest absolute Gasteiger partial charge is 0.497 e. The van der Waals surface area contributed by atoms with Crippen molar-refractivity contribution in [2.75, 3.05) is 26.8 Å². The Kier molecular flexibility index (Phi) is 6.25. The van der Waals surface area contributed by atoms with Crippen LogP contribution in [0.2, 0.25) is 0 Å². The number of esters is 1. The van der Waals surface area contributed by atoms with E-state index in [1.165, 1.54) is 11.8 Å². The molecule has 0 spiro atoms. The molecule has 1 saturated heterocycles. The summed E-state index contributed by atoms with van der Waals surface area (Å²) in [7, 11) is 1.66. The van der Waals surface area contributed by atoms with E-state index in [4.69, 9.17) is 9.47 Å². The predicted octanol–water partition coefficient (Wildman–Crippen LogP) is 4.00. The minimum absolute atomic E-state index is 0.0250. The van der Waals surface area contributed by atoms with Crippen LogP contribution in [-0.4, -0.2) is 53.4 Å². The molecule has 1 atom stereocenters. The topological polar surface area (TPSA) is 73.7 Å². The Bertz CT molecular complexity index is 1100. The van der Waals surface area contributed by atoms with Gasteiger partial charge in [-0.25, -0.2) is 9.48 Å². The summed E-state index contributed by atoms with van der Waals surface area (Å²) in [5.74, 6) is 0.805. The molecule has 0 saturated carbocycles. The molecule has 32 heavy (non-hydrogen) atoms. The number of rotatable bonds is 6. The molecule has 1 aliphatic heterocycles. The first-order valence-electron chi connectivity index (χ1n) is 10.8. The summed E-state index contributed by atoms with van der Waals surface area (Å²) in [5, 5.41) is 4.31. The van der Waals surface area contributed by atoms with Gasteiger partial charge in [-0.05, 0) is 62.2 Å². The first-order valence-corrected chi connectivity index (χ1v) is 10.8. The number of amides is 1. The van der Waals surface area contributed by atoms with Gasteiger partial charge in [0.15, 0.2) is 0 Å².